The fourth-order valence-corrected chi connectivity index (χ4v) is 1.47. The van der Waals surface area contributed by atoms with Crippen molar-refractivity contribution < 1.29 is 0 Å². The van der Waals surface area contributed by atoms with E-state index < -0.39 is 0 Å². The summed E-state index contributed by atoms with van der Waals surface area (Å²) in [5.41, 5.74) is 0. The molecule has 0 aliphatic rings. The van der Waals surface area contributed by atoms with Gasteiger partial charge in [-0.3, -0.25) is 0 Å². The third kappa shape index (κ3) is 10.4. The van der Waals surface area contributed by atoms with Crippen LogP contribution in [0.15, 0.2) is 0 Å². The molecule has 8 heavy (non-hydrogen) atoms. The van der Waals surface area contributed by atoms with E-state index in [1.807, 2.05) is 11.8 Å². The quantitative estimate of drug-likeness (QED) is 0.500. The van der Waals surface area contributed by atoms with Gasteiger partial charge in [-0.2, -0.15) is 50.5 Å². The maximum atomic E-state index is 4.05. The largest absolute Gasteiger partial charge is 0.197 e. The summed E-state index contributed by atoms with van der Waals surface area (Å²) in [6, 6.07) is 0. The number of hydrogen-bond donors (Lipinski definition) is 2. The van der Waals surface area contributed by atoms with Crippen molar-refractivity contribution in [2.24, 2.45) is 0 Å². The van der Waals surface area contributed by atoms with Crippen LogP contribution in [0.4, 0.5) is 0 Å². The monoisotopic (exact) mass is 188 g/mol. The lowest BCUT2D eigenvalue weighted by atomic mass is 10.9. The predicted molar refractivity (Wildman–Crippen MR) is 55.4 cm³/mol. The van der Waals surface area contributed by atoms with E-state index in [9.17, 15) is 0 Å². The molecule has 0 aromatic heterocycles. The van der Waals surface area contributed by atoms with Crippen LogP contribution in [0, 0.1) is 0 Å². The smallest absolute Gasteiger partial charge is 0.00213 e. The third-order valence-corrected chi connectivity index (χ3v) is 2.51. The normalized spacial score (nSPS) is 8.25. The second-order valence-corrected chi connectivity index (χ2v) is 3.18. The molecule has 0 heterocycles. The topological polar surface area (TPSA) is 0 Å². The van der Waals surface area contributed by atoms with Crippen LogP contribution in [0.1, 0.15) is 0 Å². The summed E-state index contributed by atoms with van der Waals surface area (Å²) in [7, 11) is 0. The molecule has 52 valence electrons. The first kappa shape index (κ1) is 12.1. The van der Waals surface area contributed by atoms with Crippen LogP contribution in [0.3, 0.4) is 0 Å². The first-order chi connectivity index (χ1) is 3.41. The number of rotatable bonds is 4. The van der Waals surface area contributed by atoms with Crippen molar-refractivity contribution >= 4 is 50.5 Å². The molecule has 0 aliphatic heterocycles. The summed E-state index contributed by atoms with van der Waals surface area (Å²) in [4.78, 5) is 0. The summed E-state index contributed by atoms with van der Waals surface area (Å²) in [6.45, 7) is 0. The Balaban J connectivity index is 0. The van der Waals surface area contributed by atoms with E-state index in [0.717, 1.165) is 23.0 Å². The third-order valence-electron chi connectivity index (χ3n) is 0.471. The molecule has 0 spiro atoms. The van der Waals surface area contributed by atoms with Gasteiger partial charge in [0.1, 0.15) is 0 Å². The molecule has 0 aromatic carbocycles. The first-order valence-corrected chi connectivity index (χ1v) is 4.63. The fraction of sp³-hybridized carbons (Fsp3) is 1.00. The molecule has 0 amide bonds. The van der Waals surface area contributed by atoms with Crippen LogP contribution in [-0.4, -0.2) is 23.0 Å². The highest BCUT2D eigenvalue weighted by atomic mass is 32.2. The summed E-state index contributed by atoms with van der Waals surface area (Å²) in [5, 5.41) is 0. The Morgan fingerprint density at radius 3 is 1.62 bits per heavy atom. The van der Waals surface area contributed by atoms with E-state index in [2.05, 4.69) is 25.3 Å². The maximum Gasteiger partial charge on any atom is 0.00213 e. The highest BCUT2D eigenvalue weighted by Gasteiger charge is 1.80. The lowest BCUT2D eigenvalue weighted by Crippen LogP contribution is -1.83. The van der Waals surface area contributed by atoms with Crippen LogP contribution in [0.25, 0.3) is 0 Å². The van der Waals surface area contributed by atoms with Crippen molar-refractivity contribution in [1.29, 1.82) is 0 Å². The Morgan fingerprint density at radius 2 is 1.38 bits per heavy atom. The van der Waals surface area contributed by atoms with E-state index in [-0.39, 0.29) is 13.5 Å². The fourth-order valence-electron chi connectivity index (χ4n) is 0.231. The molecule has 0 unspecified atom stereocenters. The molecule has 0 N–H and O–H groups in total. The van der Waals surface area contributed by atoms with Crippen molar-refractivity contribution in [3.05, 3.63) is 0 Å². The Morgan fingerprint density at radius 1 is 1.00 bits per heavy atom. The van der Waals surface area contributed by atoms with Crippen LogP contribution in [0.5, 0.6) is 0 Å². The van der Waals surface area contributed by atoms with Gasteiger partial charge in [-0.05, 0) is 11.5 Å². The van der Waals surface area contributed by atoms with Gasteiger partial charge in [0, 0.05) is 11.5 Å². The average molecular weight is 188 g/mol. The van der Waals surface area contributed by atoms with Gasteiger partial charge in [-0.1, -0.05) is 0 Å². The molecular formula is C4H12S4. The van der Waals surface area contributed by atoms with E-state index >= 15 is 0 Å². The van der Waals surface area contributed by atoms with Crippen molar-refractivity contribution in [2.75, 3.05) is 23.0 Å². The zero-order valence-corrected chi connectivity index (χ0v) is 8.24. The number of thioether (sulfide) groups is 1. The molecular weight excluding hydrogens is 176 g/mol. The van der Waals surface area contributed by atoms with Gasteiger partial charge in [0.15, 0.2) is 0 Å². The van der Waals surface area contributed by atoms with E-state index in [1.54, 1.807) is 0 Å². The number of hydrogen-bond acceptors (Lipinski definition) is 3. The van der Waals surface area contributed by atoms with E-state index in [4.69, 9.17) is 0 Å². The van der Waals surface area contributed by atoms with Crippen LogP contribution in [0.2, 0.25) is 0 Å². The second kappa shape index (κ2) is 11.2. The van der Waals surface area contributed by atoms with Gasteiger partial charge in [-0.25, -0.2) is 0 Å². The van der Waals surface area contributed by atoms with Crippen molar-refractivity contribution in [1.82, 2.24) is 0 Å². The van der Waals surface area contributed by atoms with Crippen molar-refractivity contribution in [3.63, 3.8) is 0 Å². The van der Waals surface area contributed by atoms with E-state index in [0.29, 0.717) is 0 Å². The summed E-state index contributed by atoms with van der Waals surface area (Å²) in [6.07, 6.45) is 0. The minimum absolute atomic E-state index is 0. The number of thiol groups is 2. The van der Waals surface area contributed by atoms with Crippen LogP contribution < -0.4 is 0 Å². The van der Waals surface area contributed by atoms with Crippen molar-refractivity contribution in [3.8, 4) is 0 Å². The van der Waals surface area contributed by atoms with E-state index in [1.165, 1.54) is 0 Å². The van der Waals surface area contributed by atoms with Gasteiger partial charge < -0.3 is 0 Å². The van der Waals surface area contributed by atoms with Crippen LogP contribution >= 0.6 is 50.5 Å². The predicted octanol–water partition coefficient (Wildman–Crippen LogP) is 1.69. The average Bonchev–Trinajstić information content (AvgIpc) is 1.69. The molecule has 0 aliphatic carbocycles. The minimum atomic E-state index is 0. The lowest BCUT2D eigenvalue weighted by molar-refractivity contribution is 1.50. The zero-order valence-electron chi connectivity index (χ0n) is 4.63. The second-order valence-electron chi connectivity index (χ2n) is 1.06. The maximum absolute atomic E-state index is 4.05. The van der Waals surface area contributed by atoms with Gasteiger partial charge in [0.2, 0.25) is 0 Å². The molecule has 0 aromatic rings. The molecule has 0 saturated heterocycles. The summed E-state index contributed by atoms with van der Waals surface area (Å²) in [5.74, 6) is 4.28. The Hall–Kier alpha value is 1.40. The summed E-state index contributed by atoms with van der Waals surface area (Å²) >= 11 is 10.00. The highest BCUT2D eigenvalue weighted by Crippen LogP contribution is 1.99. The standard InChI is InChI=1S/C4H10S3.H2S/c5-1-3-7-4-2-6;/h5-6H,1-4H2;1H2. The molecule has 0 rings (SSSR count). The summed E-state index contributed by atoms with van der Waals surface area (Å²) < 4.78 is 0. The van der Waals surface area contributed by atoms with Crippen molar-refractivity contribution in [2.45, 2.75) is 0 Å². The molecule has 0 bridgehead atoms. The highest BCUT2D eigenvalue weighted by molar-refractivity contribution is 8.00. The molecule has 0 saturated carbocycles. The molecule has 0 atom stereocenters. The zero-order chi connectivity index (χ0) is 5.54. The minimum Gasteiger partial charge on any atom is -0.197 e. The van der Waals surface area contributed by atoms with Gasteiger partial charge in [0.05, 0.1) is 0 Å². The first-order valence-electron chi connectivity index (χ1n) is 2.21. The Bertz CT molecular complexity index is 27.2. The molecule has 0 nitrogen and oxygen atoms in total. The van der Waals surface area contributed by atoms with Crippen LogP contribution in [-0.2, 0) is 0 Å². The SMILES string of the molecule is S.SCCSCCS. The van der Waals surface area contributed by atoms with Gasteiger partial charge in [0.25, 0.3) is 0 Å². The molecule has 4 heteroatoms. The van der Waals surface area contributed by atoms with Gasteiger partial charge >= 0.3 is 0 Å². The van der Waals surface area contributed by atoms with Gasteiger partial charge in [-0.15, -0.1) is 0 Å². The molecule has 0 fully saturated rings. The lowest BCUT2D eigenvalue weighted by Gasteiger charge is -1.90. The molecule has 0 radical (unpaired) electrons. The Kier molecular flexibility index (Phi) is 17.0. The Labute approximate surface area is 73.5 Å².